The number of furan rings is 3. The molecule has 3 aromatic heterocycles. The molecule has 0 fully saturated rings. The van der Waals surface area contributed by atoms with Gasteiger partial charge in [0.05, 0.1) is 11.7 Å². The van der Waals surface area contributed by atoms with Crippen LogP contribution >= 0.6 is 0 Å². The van der Waals surface area contributed by atoms with E-state index in [0.29, 0.717) is 5.92 Å². The van der Waals surface area contributed by atoms with Crippen molar-refractivity contribution in [3.63, 3.8) is 0 Å². The number of fused-ring (bicyclic) bond motifs is 14. The highest BCUT2D eigenvalue weighted by atomic mass is 16.3. The summed E-state index contributed by atoms with van der Waals surface area (Å²) >= 11 is 0. The van der Waals surface area contributed by atoms with Crippen molar-refractivity contribution in [2.75, 3.05) is 14.7 Å². The zero-order chi connectivity index (χ0) is 49.8. The van der Waals surface area contributed by atoms with Crippen LogP contribution in [0.4, 0.5) is 45.5 Å². The fraction of sp³-hybridized carbons (Fsp3) is 0.0571. The van der Waals surface area contributed by atoms with E-state index in [0.717, 1.165) is 74.2 Å². The summed E-state index contributed by atoms with van der Waals surface area (Å²) in [4.78, 5) is 7.81. The molecule has 13 aromatic rings. The third kappa shape index (κ3) is 5.40. The summed E-state index contributed by atoms with van der Waals surface area (Å²) in [6.45, 7) is -0.0573. The molecule has 2 unspecified atom stereocenters. The second-order valence-corrected chi connectivity index (χ2v) is 21.8. The van der Waals surface area contributed by atoms with Crippen LogP contribution in [0.25, 0.3) is 88.3 Å². The van der Waals surface area contributed by atoms with Crippen LogP contribution in [0.1, 0.15) is 22.6 Å². The van der Waals surface area contributed by atoms with Gasteiger partial charge in [0.1, 0.15) is 33.9 Å². The van der Waals surface area contributed by atoms with E-state index in [4.69, 9.17) is 13.3 Å². The highest BCUT2D eigenvalue weighted by Crippen LogP contribution is 2.53. The number of rotatable bonds is 3. The van der Waals surface area contributed by atoms with Gasteiger partial charge in [0.15, 0.2) is 0 Å². The summed E-state index contributed by atoms with van der Waals surface area (Å²) in [5, 5.41) is 11.7. The van der Waals surface area contributed by atoms with Crippen LogP contribution in [0.5, 0.6) is 0 Å². The van der Waals surface area contributed by atoms with Crippen LogP contribution in [0.2, 0.25) is 0 Å². The molecule has 77 heavy (non-hydrogen) atoms. The zero-order valence-electron chi connectivity index (χ0n) is 41.5. The van der Waals surface area contributed by atoms with Gasteiger partial charge in [0, 0.05) is 96.6 Å². The zero-order valence-corrected chi connectivity index (χ0v) is 41.5. The Kier molecular flexibility index (Phi) is 7.69. The van der Waals surface area contributed by atoms with Gasteiger partial charge in [-0.25, -0.2) is 0 Å². The highest BCUT2D eigenvalue weighted by molar-refractivity contribution is 7.02. The molecule has 19 rings (SSSR count). The van der Waals surface area contributed by atoms with Crippen molar-refractivity contribution in [2.45, 2.75) is 18.9 Å². The van der Waals surface area contributed by atoms with Crippen LogP contribution in [0.15, 0.2) is 225 Å². The lowest BCUT2D eigenvalue weighted by Gasteiger charge is -2.50. The Bertz CT molecular complexity index is 5010. The van der Waals surface area contributed by atoms with Crippen molar-refractivity contribution in [2.24, 2.45) is 5.92 Å². The molecule has 0 radical (unpaired) electrons. The quantitative estimate of drug-likeness (QED) is 0.164. The molecule has 6 heterocycles. The Hall–Kier alpha value is -9.72. The number of allylic oxidation sites excluding steroid dienone is 5. The topological polar surface area (TPSA) is 49.1 Å². The van der Waals surface area contributed by atoms with Crippen molar-refractivity contribution in [1.82, 2.24) is 0 Å². The van der Waals surface area contributed by atoms with E-state index in [1.54, 1.807) is 0 Å². The van der Waals surface area contributed by atoms with E-state index < -0.39 is 0 Å². The molecule has 0 saturated heterocycles. The first-order chi connectivity index (χ1) is 38.1. The van der Waals surface area contributed by atoms with Gasteiger partial charge in [-0.1, -0.05) is 115 Å². The molecule has 358 valence electrons. The molecule has 6 nitrogen and oxygen atoms in total. The third-order valence-corrected chi connectivity index (χ3v) is 17.9. The van der Waals surface area contributed by atoms with Gasteiger partial charge < -0.3 is 28.0 Å². The van der Waals surface area contributed by atoms with Crippen LogP contribution in [0.3, 0.4) is 0 Å². The first kappa shape index (κ1) is 40.6. The van der Waals surface area contributed by atoms with E-state index >= 15 is 0 Å². The molecule has 0 saturated carbocycles. The van der Waals surface area contributed by atoms with Crippen molar-refractivity contribution < 1.29 is 13.3 Å². The molecule has 6 aliphatic rings. The predicted octanol–water partition coefficient (Wildman–Crippen LogP) is 16.4. The Morgan fingerprint density at radius 1 is 0.429 bits per heavy atom. The van der Waals surface area contributed by atoms with Gasteiger partial charge >= 0.3 is 0 Å². The highest BCUT2D eigenvalue weighted by Gasteiger charge is 2.50. The fourth-order valence-corrected chi connectivity index (χ4v) is 14.6. The molecule has 10 aromatic carbocycles. The maximum absolute atomic E-state index is 6.75. The van der Waals surface area contributed by atoms with Crippen molar-refractivity contribution in [3.05, 3.63) is 235 Å². The summed E-state index contributed by atoms with van der Waals surface area (Å²) in [7, 11) is 0. The average molecular weight is 984 g/mol. The molecule has 2 atom stereocenters. The summed E-state index contributed by atoms with van der Waals surface area (Å²) < 4.78 is 20.1. The molecular formula is C70H42BN3O3. The van der Waals surface area contributed by atoms with E-state index in [9.17, 15) is 0 Å². The van der Waals surface area contributed by atoms with Crippen LogP contribution in [0, 0.1) is 5.92 Å². The number of anilines is 8. The van der Waals surface area contributed by atoms with Gasteiger partial charge in [-0.3, -0.25) is 0 Å². The molecule has 3 aliphatic heterocycles. The fourth-order valence-electron chi connectivity index (χ4n) is 14.6. The average Bonchev–Trinajstić information content (AvgIpc) is 4.21. The normalized spacial score (nSPS) is 17.3. The van der Waals surface area contributed by atoms with Gasteiger partial charge in [0.2, 0.25) is 0 Å². The number of benzene rings is 10. The van der Waals surface area contributed by atoms with Crippen molar-refractivity contribution >= 4 is 157 Å². The van der Waals surface area contributed by atoms with Gasteiger partial charge in [-0.15, -0.1) is 0 Å². The predicted molar refractivity (Wildman–Crippen MR) is 318 cm³/mol. The SMILES string of the molecule is C1=CC2=Cc3c(oc4ccc(N5c6cccc7c6B6c8c(cccc8N7C7C=Cc8oc9cc%10ccccc%10cc9c8C7)N(c7ccc8oc9cc%10ccccc%10cc9c8c7)c7cc8ccccc8c5c76)cc34)CC2C=C1. The second kappa shape index (κ2) is 14.6. The second-order valence-electron chi connectivity index (χ2n) is 21.8. The molecule has 0 spiro atoms. The monoisotopic (exact) mass is 983 g/mol. The Balaban J connectivity index is 0.882. The van der Waals surface area contributed by atoms with Crippen LogP contribution < -0.4 is 31.1 Å². The Morgan fingerprint density at radius 3 is 1.84 bits per heavy atom. The van der Waals surface area contributed by atoms with Crippen LogP contribution in [-0.4, -0.2) is 12.8 Å². The molecule has 0 bridgehead atoms. The molecular weight excluding hydrogens is 942 g/mol. The summed E-state index contributed by atoms with van der Waals surface area (Å²) in [6, 6.07) is 65.4. The van der Waals surface area contributed by atoms with Crippen LogP contribution in [-0.2, 0) is 12.8 Å². The van der Waals surface area contributed by atoms with E-state index in [-0.39, 0.29) is 12.8 Å². The minimum Gasteiger partial charge on any atom is -0.460 e. The lowest BCUT2D eigenvalue weighted by molar-refractivity contribution is 0.521. The largest absolute Gasteiger partial charge is 0.460 e. The smallest absolute Gasteiger partial charge is 0.257 e. The maximum Gasteiger partial charge on any atom is 0.257 e. The first-order valence-corrected chi connectivity index (χ1v) is 26.9. The summed E-state index contributed by atoms with van der Waals surface area (Å²) in [5.74, 6) is 2.33. The lowest BCUT2D eigenvalue weighted by Crippen LogP contribution is -2.66. The molecule has 0 amide bonds. The van der Waals surface area contributed by atoms with Crippen molar-refractivity contribution in [3.8, 4) is 0 Å². The van der Waals surface area contributed by atoms with Gasteiger partial charge in [0.25, 0.3) is 6.71 Å². The number of hydrogen-bond donors (Lipinski definition) is 0. The number of nitrogens with zero attached hydrogens (tertiary/aromatic N) is 3. The van der Waals surface area contributed by atoms with E-state index in [2.05, 4.69) is 233 Å². The third-order valence-electron chi connectivity index (χ3n) is 17.9. The van der Waals surface area contributed by atoms with Gasteiger partial charge in [-0.05, 0) is 152 Å². The standard InChI is InChI=1S/C70H42BN3O3/c1-4-14-42-33-64-50(29-39(42)11-1)53-36-46(23-26-61(53)75-64)72-56-19-9-21-58-67(56)71-68-57(72)20-10-22-59(68)74(48-25-28-63-55(38-48)52-31-41-13-3-6-16-44(41)35-66(52)77-63)70-49-18-8-7-17-45(49)32-60(69(70)71)73(58)47-24-27-62-54(37-47)51-30-40-12-2-5-15-43(40)34-65(51)76-62/h1-34,37-38,44,46H,35-36H2. The van der Waals surface area contributed by atoms with Crippen molar-refractivity contribution in [1.29, 1.82) is 0 Å². The maximum atomic E-state index is 6.75. The lowest BCUT2D eigenvalue weighted by atomic mass is 9.31. The van der Waals surface area contributed by atoms with Gasteiger partial charge in [-0.2, -0.15) is 0 Å². The first-order valence-electron chi connectivity index (χ1n) is 26.9. The Morgan fingerprint density at radius 2 is 1.06 bits per heavy atom. The van der Waals surface area contributed by atoms with E-state index in [1.165, 1.54) is 105 Å². The summed E-state index contributed by atoms with van der Waals surface area (Å²) in [5.41, 5.74) is 20.7. The van der Waals surface area contributed by atoms with E-state index in [1.807, 2.05) is 0 Å². The Labute approximate surface area is 442 Å². The molecule has 0 N–H and O–H groups in total. The minimum atomic E-state index is -0.0573. The molecule has 7 heteroatoms. The number of hydrogen-bond acceptors (Lipinski definition) is 6. The summed E-state index contributed by atoms with van der Waals surface area (Å²) in [6.07, 6.45) is 17.5. The molecule has 3 aliphatic carbocycles. The minimum absolute atomic E-state index is 0.00664.